The number of carbonyl (C=O) groups is 1. The van der Waals surface area contributed by atoms with Crippen molar-refractivity contribution in [2.24, 2.45) is 0 Å². The van der Waals surface area contributed by atoms with E-state index in [0.29, 0.717) is 17.2 Å². The van der Waals surface area contributed by atoms with E-state index in [1.807, 2.05) is 49.6 Å². The molecule has 0 saturated heterocycles. The number of carbonyl (C=O) groups excluding carboxylic acids is 1. The minimum Gasteiger partial charge on any atom is -0.497 e. The number of nitrogens with one attached hydrogen (secondary N) is 1. The Hall–Kier alpha value is -3.26. The Balaban J connectivity index is 0.00000124. The first-order valence-electron chi connectivity index (χ1n) is 9.47. The molecule has 154 valence electrons. The average molecular weight is 468 g/mol. The fourth-order valence-corrected chi connectivity index (χ4v) is 3.32. The Bertz CT molecular complexity index is 1170. The van der Waals surface area contributed by atoms with Crippen molar-refractivity contribution in [3.63, 3.8) is 0 Å². The van der Waals surface area contributed by atoms with Crippen LogP contribution >= 0.6 is 15.9 Å². The highest BCUT2D eigenvalue weighted by Gasteiger charge is 2.13. The lowest BCUT2D eigenvalue weighted by molar-refractivity contribution is 0.102. The van der Waals surface area contributed by atoms with Crippen LogP contribution in [0.2, 0.25) is 0 Å². The molecule has 0 unspecified atom stereocenters. The number of fused-ring (bicyclic) bond motifs is 1. The van der Waals surface area contributed by atoms with Crippen LogP contribution in [0.1, 0.15) is 30.0 Å². The quantitative estimate of drug-likeness (QED) is 0.447. The largest absolute Gasteiger partial charge is 0.497 e. The highest BCUT2D eigenvalue weighted by molar-refractivity contribution is 9.10. The summed E-state index contributed by atoms with van der Waals surface area (Å²) in [6, 6.07) is 12.8. The number of hydrogen-bond donors (Lipinski definition) is 1. The van der Waals surface area contributed by atoms with Gasteiger partial charge in [0, 0.05) is 16.1 Å². The molecule has 4 rings (SSSR count). The van der Waals surface area contributed by atoms with Crippen LogP contribution in [0.3, 0.4) is 0 Å². The smallest absolute Gasteiger partial charge is 0.256 e. The molecule has 4 aromatic rings. The molecular formula is C22H22BrN5O2. The summed E-state index contributed by atoms with van der Waals surface area (Å²) in [7, 11) is 1.62. The molecule has 0 aliphatic rings. The van der Waals surface area contributed by atoms with Crippen molar-refractivity contribution in [3.8, 4) is 11.6 Å². The van der Waals surface area contributed by atoms with Gasteiger partial charge in [0.1, 0.15) is 11.6 Å². The maximum Gasteiger partial charge on any atom is 0.256 e. The van der Waals surface area contributed by atoms with Crippen molar-refractivity contribution >= 4 is 38.7 Å². The minimum atomic E-state index is -0.250. The van der Waals surface area contributed by atoms with Crippen LogP contribution in [0.15, 0.2) is 59.3 Å². The number of anilines is 1. The highest BCUT2D eigenvalue weighted by atomic mass is 79.9. The van der Waals surface area contributed by atoms with E-state index in [4.69, 9.17) is 4.74 Å². The third-order valence-electron chi connectivity index (χ3n) is 4.23. The maximum absolute atomic E-state index is 12.3. The highest BCUT2D eigenvalue weighted by Crippen LogP contribution is 2.24. The Morgan fingerprint density at radius 2 is 1.90 bits per heavy atom. The number of halogens is 1. The molecule has 0 radical (unpaired) electrons. The molecular weight excluding hydrogens is 446 g/mol. The van der Waals surface area contributed by atoms with Gasteiger partial charge in [0.05, 0.1) is 30.5 Å². The predicted octanol–water partition coefficient (Wildman–Crippen LogP) is 5.17. The van der Waals surface area contributed by atoms with Gasteiger partial charge in [0.2, 0.25) is 0 Å². The lowest BCUT2D eigenvalue weighted by atomic mass is 10.2. The predicted molar refractivity (Wildman–Crippen MR) is 121 cm³/mol. The minimum absolute atomic E-state index is 0.250. The summed E-state index contributed by atoms with van der Waals surface area (Å²) in [6.07, 6.45) is 3.13. The molecule has 0 aliphatic heterocycles. The van der Waals surface area contributed by atoms with Gasteiger partial charge in [-0.1, -0.05) is 35.8 Å². The Labute approximate surface area is 183 Å². The normalized spacial score (nSPS) is 10.3. The summed E-state index contributed by atoms with van der Waals surface area (Å²) >= 11 is 3.36. The second-order valence-electron chi connectivity index (χ2n) is 6.07. The van der Waals surface area contributed by atoms with E-state index >= 15 is 0 Å². The first-order valence-corrected chi connectivity index (χ1v) is 10.3. The lowest BCUT2D eigenvalue weighted by Gasteiger charge is -2.08. The fourth-order valence-electron chi connectivity index (χ4n) is 2.92. The van der Waals surface area contributed by atoms with Gasteiger partial charge in [-0.15, -0.1) is 0 Å². The first kappa shape index (κ1) is 21.4. The van der Waals surface area contributed by atoms with E-state index in [9.17, 15) is 4.79 Å². The molecule has 2 heterocycles. The van der Waals surface area contributed by atoms with Gasteiger partial charge < -0.3 is 10.1 Å². The summed E-state index contributed by atoms with van der Waals surface area (Å²) in [5.41, 5.74) is 2.25. The number of benzene rings is 2. The number of hydrogen-bond acceptors (Lipinski definition) is 5. The summed E-state index contributed by atoms with van der Waals surface area (Å²) in [5.74, 6) is 2.26. The van der Waals surface area contributed by atoms with Crippen molar-refractivity contribution in [3.05, 3.63) is 70.7 Å². The number of ether oxygens (including phenoxy) is 1. The zero-order valence-electron chi connectivity index (χ0n) is 17.2. The second-order valence-corrected chi connectivity index (χ2v) is 6.99. The molecule has 0 bridgehead atoms. The van der Waals surface area contributed by atoms with E-state index < -0.39 is 0 Å². The van der Waals surface area contributed by atoms with Crippen LogP contribution in [0.4, 0.5) is 5.82 Å². The number of aryl methyl sites for hydroxylation is 1. The Morgan fingerprint density at radius 1 is 1.10 bits per heavy atom. The molecule has 30 heavy (non-hydrogen) atoms. The standard InChI is InChI=1S/C20H16BrN5O2.C2H6/c1-12-24-16-9-15(28-2)6-7-17(16)26(12)19-11-22-18(10-23-19)25-20(27)13-4-3-5-14(21)8-13;1-2/h3-11H,1-2H3,(H,22,25,27);1-2H3. The molecule has 1 N–H and O–H groups in total. The molecule has 0 fully saturated rings. The zero-order valence-corrected chi connectivity index (χ0v) is 18.8. The van der Waals surface area contributed by atoms with Crippen molar-refractivity contribution < 1.29 is 9.53 Å². The number of nitrogens with zero attached hydrogens (tertiary/aromatic N) is 4. The lowest BCUT2D eigenvalue weighted by Crippen LogP contribution is -2.13. The van der Waals surface area contributed by atoms with E-state index in [1.54, 1.807) is 31.5 Å². The van der Waals surface area contributed by atoms with Crippen molar-refractivity contribution in [2.45, 2.75) is 20.8 Å². The number of imidazole rings is 1. The molecule has 0 aliphatic carbocycles. The van der Waals surface area contributed by atoms with E-state index in [2.05, 4.69) is 36.2 Å². The van der Waals surface area contributed by atoms with Crippen molar-refractivity contribution in [2.75, 3.05) is 12.4 Å². The summed E-state index contributed by atoms with van der Waals surface area (Å²) in [4.78, 5) is 25.7. The fraction of sp³-hybridized carbons (Fsp3) is 0.182. The SMILES string of the molecule is CC.COc1ccc2c(c1)nc(C)n2-c1cnc(NC(=O)c2cccc(Br)c2)cn1. The number of rotatable bonds is 4. The van der Waals surface area contributed by atoms with Gasteiger partial charge in [0.25, 0.3) is 5.91 Å². The molecule has 8 heteroatoms. The van der Waals surface area contributed by atoms with Gasteiger partial charge in [-0.3, -0.25) is 9.36 Å². The number of aromatic nitrogens is 4. The van der Waals surface area contributed by atoms with Gasteiger partial charge in [-0.2, -0.15) is 0 Å². The summed E-state index contributed by atoms with van der Waals surface area (Å²) < 4.78 is 7.99. The number of amides is 1. The van der Waals surface area contributed by atoms with Crippen molar-refractivity contribution in [1.29, 1.82) is 0 Å². The molecule has 1 amide bonds. The molecule has 0 atom stereocenters. The summed E-state index contributed by atoms with van der Waals surface area (Å²) in [5, 5.41) is 2.75. The van der Waals surface area contributed by atoms with E-state index in [-0.39, 0.29) is 5.91 Å². The summed E-state index contributed by atoms with van der Waals surface area (Å²) in [6.45, 7) is 5.90. The van der Waals surface area contributed by atoms with Crippen LogP contribution < -0.4 is 10.1 Å². The van der Waals surface area contributed by atoms with Crippen LogP contribution in [0.25, 0.3) is 16.9 Å². The molecule has 0 saturated carbocycles. The number of methoxy groups -OCH3 is 1. The van der Waals surface area contributed by atoms with Gasteiger partial charge in [-0.25, -0.2) is 15.0 Å². The van der Waals surface area contributed by atoms with Crippen LogP contribution in [0, 0.1) is 6.92 Å². The first-order chi connectivity index (χ1) is 14.5. The monoisotopic (exact) mass is 467 g/mol. The molecule has 2 aromatic heterocycles. The zero-order chi connectivity index (χ0) is 21.7. The Morgan fingerprint density at radius 3 is 2.57 bits per heavy atom. The molecule has 0 spiro atoms. The third kappa shape index (κ3) is 4.49. The van der Waals surface area contributed by atoms with E-state index in [1.165, 1.54) is 6.20 Å². The maximum atomic E-state index is 12.3. The van der Waals surface area contributed by atoms with Crippen molar-refractivity contribution in [1.82, 2.24) is 19.5 Å². The Kier molecular flexibility index (Phi) is 6.79. The van der Waals surface area contributed by atoms with Gasteiger partial charge in [0.15, 0.2) is 11.6 Å². The molecule has 7 nitrogen and oxygen atoms in total. The van der Waals surface area contributed by atoms with Crippen LogP contribution in [-0.4, -0.2) is 32.5 Å². The second kappa shape index (κ2) is 9.49. The van der Waals surface area contributed by atoms with Gasteiger partial charge in [-0.05, 0) is 37.3 Å². The van der Waals surface area contributed by atoms with Crippen LogP contribution in [0.5, 0.6) is 5.75 Å². The molecule has 2 aromatic carbocycles. The van der Waals surface area contributed by atoms with Crippen LogP contribution in [-0.2, 0) is 0 Å². The van der Waals surface area contributed by atoms with E-state index in [0.717, 1.165) is 27.1 Å². The van der Waals surface area contributed by atoms with Gasteiger partial charge >= 0.3 is 0 Å². The third-order valence-corrected chi connectivity index (χ3v) is 4.72. The average Bonchev–Trinajstić information content (AvgIpc) is 3.10. The topological polar surface area (TPSA) is 81.9 Å².